The molecule has 118 valence electrons. The van der Waals surface area contributed by atoms with E-state index in [9.17, 15) is 9.59 Å². The summed E-state index contributed by atoms with van der Waals surface area (Å²) in [6, 6.07) is 5.35. The molecular weight excluding hydrogens is 282 g/mol. The largest absolute Gasteiger partial charge is 0.478 e. The first-order chi connectivity index (χ1) is 10.2. The molecule has 5 nitrogen and oxygen atoms in total. The monoisotopic (exact) mass is 303 g/mol. The number of hydrogen-bond acceptors (Lipinski definition) is 3. The van der Waals surface area contributed by atoms with Gasteiger partial charge in [0.15, 0.2) is 0 Å². The van der Waals surface area contributed by atoms with Crippen molar-refractivity contribution in [2.24, 2.45) is 0 Å². The normalized spacial score (nSPS) is 25.7. The number of hydrogen-bond donors (Lipinski definition) is 2. The quantitative estimate of drug-likeness (QED) is 0.881. The predicted octanol–water partition coefficient (Wildman–Crippen LogP) is 2.87. The first kappa shape index (κ1) is 14.9. The third kappa shape index (κ3) is 2.56. The molecule has 1 aromatic carbocycles. The second-order valence-corrected chi connectivity index (χ2v) is 7.24. The number of aryl methyl sites for hydroxylation is 1. The topological polar surface area (TPSA) is 75.6 Å². The summed E-state index contributed by atoms with van der Waals surface area (Å²) in [6.45, 7) is 5.50. The summed E-state index contributed by atoms with van der Waals surface area (Å²) in [4.78, 5) is 23.1. The number of carboxylic acid groups (broad SMARTS) is 1. The number of nitrogens with one attached hydrogen (secondary N) is 1. The van der Waals surface area contributed by atoms with Gasteiger partial charge < -0.3 is 15.2 Å². The molecular formula is C17H21NO4. The van der Waals surface area contributed by atoms with Gasteiger partial charge in [-0.1, -0.05) is 6.07 Å². The SMILES string of the molecule is CC(C)(C)OC(=O)NC1CC12CCc1ccc(C(=O)O)cc12. The number of aromatic carboxylic acids is 1. The van der Waals surface area contributed by atoms with E-state index < -0.39 is 17.7 Å². The molecule has 22 heavy (non-hydrogen) atoms. The summed E-state index contributed by atoms with van der Waals surface area (Å²) in [6.07, 6.45) is 2.33. The molecule has 0 bridgehead atoms. The van der Waals surface area contributed by atoms with Crippen LogP contribution >= 0.6 is 0 Å². The van der Waals surface area contributed by atoms with Gasteiger partial charge in [0.2, 0.25) is 0 Å². The summed E-state index contributed by atoms with van der Waals surface area (Å²) < 4.78 is 5.30. The van der Waals surface area contributed by atoms with Crippen molar-refractivity contribution in [2.45, 2.75) is 57.1 Å². The fraction of sp³-hybridized carbons (Fsp3) is 0.529. The maximum absolute atomic E-state index is 11.9. The van der Waals surface area contributed by atoms with Crippen LogP contribution < -0.4 is 5.32 Å². The number of carboxylic acids is 1. The molecule has 1 saturated carbocycles. The molecule has 2 unspecified atom stereocenters. The number of carbonyl (C=O) groups is 2. The van der Waals surface area contributed by atoms with E-state index in [0.29, 0.717) is 5.56 Å². The van der Waals surface area contributed by atoms with Crippen LogP contribution in [0.25, 0.3) is 0 Å². The lowest BCUT2D eigenvalue weighted by atomic mass is 9.95. The Morgan fingerprint density at radius 1 is 1.36 bits per heavy atom. The molecule has 2 N–H and O–H groups in total. The fourth-order valence-electron chi connectivity index (χ4n) is 3.40. The minimum absolute atomic E-state index is 0.0349. The number of carbonyl (C=O) groups excluding carboxylic acids is 1. The van der Waals surface area contributed by atoms with Gasteiger partial charge in [0.25, 0.3) is 0 Å². The molecule has 1 spiro atoms. The van der Waals surface area contributed by atoms with Crippen molar-refractivity contribution >= 4 is 12.1 Å². The number of rotatable bonds is 2. The van der Waals surface area contributed by atoms with Crippen molar-refractivity contribution in [2.75, 3.05) is 0 Å². The van der Waals surface area contributed by atoms with E-state index in [2.05, 4.69) is 5.32 Å². The predicted molar refractivity (Wildman–Crippen MR) is 81.2 cm³/mol. The first-order valence-electron chi connectivity index (χ1n) is 7.57. The van der Waals surface area contributed by atoms with E-state index in [1.165, 1.54) is 5.56 Å². The molecule has 2 atom stereocenters. The van der Waals surface area contributed by atoms with E-state index >= 15 is 0 Å². The van der Waals surface area contributed by atoms with Crippen LogP contribution in [0.3, 0.4) is 0 Å². The van der Waals surface area contributed by atoms with Gasteiger partial charge in [-0.3, -0.25) is 0 Å². The lowest BCUT2D eigenvalue weighted by Crippen LogP contribution is -2.36. The van der Waals surface area contributed by atoms with Gasteiger partial charge >= 0.3 is 12.1 Å². The molecule has 0 saturated heterocycles. The minimum Gasteiger partial charge on any atom is -0.478 e. The van der Waals surface area contributed by atoms with E-state index in [4.69, 9.17) is 9.84 Å². The Morgan fingerprint density at radius 3 is 2.73 bits per heavy atom. The van der Waals surface area contributed by atoms with Crippen LogP contribution in [-0.2, 0) is 16.6 Å². The van der Waals surface area contributed by atoms with E-state index in [1.807, 2.05) is 26.8 Å². The summed E-state index contributed by atoms with van der Waals surface area (Å²) in [5.41, 5.74) is 1.96. The van der Waals surface area contributed by atoms with E-state index in [0.717, 1.165) is 24.8 Å². The Bertz CT molecular complexity index is 647. The van der Waals surface area contributed by atoms with Crippen LogP contribution in [0.5, 0.6) is 0 Å². The number of amides is 1. The summed E-state index contributed by atoms with van der Waals surface area (Å²) in [5.74, 6) is -0.915. The van der Waals surface area contributed by atoms with Crippen molar-refractivity contribution in [1.29, 1.82) is 0 Å². The van der Waals surface area contributed by atoms with E-state index in [1.54, 1.807) is 12.1 Å². The number of benzene rings is 1. The lowest BCUT2D eigenvalue weighted by molar-refractivity contribution is 0.0518. The zero-order valence-corrected chi connectivity index (χ0v) is 13.1. The van der Waals surface area contributed by atoms with Crippen molar-refractivity contribution < 1.29 is 19.4 Å². The third-order valence-electron chi connectivity index (χ3n) is 4.50. The van der Waals surface area contributed by atoms with Crippen LogP contribution in [0.2, 0.25) is 0 Å². The molecule has 0 aromatic heterocycles. The first-order valence-corrected chi connectivity index (χ1v) is 7.57. The Balaban J connectivity index is 1.75. The van der Waals surface area contributed by atoms with Crippen LogP contribution in [0.15, 0.2) is 18.2 Å². The van der Waals surface area contributed by atoms with Gasteiger partial charge in [0, 0.05) is 11.5 Å². The Kier molecular flexibility index (Phi) is 3.20. The molecule has 1 amide bonds. The second-order valence-electron chi connectivity index (χ2n) is 7.24. The number of alkyl carbamates (subject to hydrolysis) is 1. The zero-order valence-electron chi connectivity index (χ0n) is 13.1. The van der Waals surface area contributed by atoms with Crippen molar-refractivity contribution in [3.8, 4) is 0 Å². The third-order valence-corrected chi connectivity index (χ3v) is 4.50. The summed E-state index contributed by atoms with van der Waals surface area (Å²) in [7, 11) is 0. The number of fused-ring (bicyclic) bond motifs is 2. The van der Waals surface area contributed by atoms with Crippen LogP contribution in [0, 0.1) is 0 Å². The maximum atomic E-state index is 11.9. The van der Waals surface area contributed by atoms with Crippen molar-refractivity contribution in [1.82, 2.24) is 5.32 Å². The standard InChI is InChI=1S/C17H21NO4/c1-16(2,3)22-15(21)18-13-9-17(13)7-6-10-4-5-11(14(19)20)8-12(10)17/h4-5,8,13H,6-7,9H2,1-3H3,(H,18,21)(H,19,20). The summed E-state index contributed by atoms with van der Waals surface area (Å²) >= 11 is 0. The fourth-order valence-corrected chi connectivity index (χ4v) is 3.40. The van der Waals surface area contributed by atoms with Gasteiger partial charge in [-0.25, -0.2) is 9.59 Å². The van der Waals surface area contributed by atoms with Crippen LogP contribution in [-0.4, -0.2) is 28.8 Å². The average Bonchev–Trinajstić information content (AvgIpc) is 2.93. The smallest absolute Gasteiger partial charge is 0.407 e. The van der Waals surface area contributed by atoms with Gasteiger partial charge in [-0.05, 0) is 63.3 Å². The molecule has 0 aliphatic heterocycles. The zero-order chi connectivity index (χ0) is 16.1. The second kappa shape index (κ2) is 4.73. The molecule has 5 heteroatoms. The minimum atomic E-state index is -0.915. The molecule has 1 fully saturated rings. The Morgan fingerprint density at radius 2 is 2.09 bits per heavy atom. The lowest BCUT2D eigenvalue weighted by Gasteiger charge is -2.20. The average molecular weight is 303 g/mol. The Labute approximate surface area is 129 Å². The highest BCUT2D eigenvalue weighted by molar-refractivity contribution is 5.88. The van der Waals surface area contributed by atoms with Gasteiger partial charge in [0.05, 0.1) is 5.56 Å². The molecule has 0 heterocycles. The van der Waals surface area contributed by atoms with E-state index in [-0.39, 0.29) is 11.5 Å². The van der Waals surface area contributed by atoms with Gasteiger partial charge in [-0.15, -0.1) is 0 Å². The van der Waals surface area contributed by atoms with Gasteiger partial charge in [0.1, 0.15) is 5.60 Å². The Hall–Kier alpha value is -2.04. The maximum Gasteiger partial charge on any atom is 0.407 e. The highest BCUT2D eigenvalue weighted by atomic mass is 16.6. The molecule has 3 rings (SSSR count). The molecule has 1 aromatic rings. The highest BCUT2D eigenvalue weighted by Crippen LogP contribution is 2.57. The van der Waals surface area contributed by atoms with Crippen LogP contribution in [0.1, 0.15) is 55.1 Å². The number of ether oxygens (including phenoxy) is 1. The van der Waals surface area contributed by atoms with Crippen molar-refractivity contribution in [3.63, 3.8) is 0 Å². The molecule has 2 aliphatic carbocycles. The summed E-state index contributed by atoms with van der Waals surface area (Å²) in [5, 5.41) is 12.1. The molecule has 2 aliphatic rings. The highest BCUT2D eigenvalue weighted by Gasteiger charge is 2.59. The van der Waals surface area contributed by atoms with Gasteiger partial charge in [-0.2, -0.15) is 0 Å². The molecule has 0 radical (unpaired) electrons. The van der Waals surface area contributed by atoms with Crippen LogP contribution in [0.4, 0.5) is 4.79 Å². The van der Waals surface area contributed by atoms with Crippen molar-refractivity contribution in [3.05, 3.63) is 34.9 Å².